The summed E-state index contributed by atoms with van der Waals surface area (Å²) in [5, 5.41) is 6.56. The van der Waals surface area contributed by atoms with Gasteiger partial charge in [-0.05, 0) is 36.4 Å². The lowest BCUT2D eigenvalue weighted by Crippen LogP contribution is -2.03. The van der Waals surface area contributed by atoms with Crippen LogP contribution in [0.15, 0.2) is 35.7 Å². The average Bonchev–Trinajstić information content (AvgIpc) is 2.98. The average molecular weight is 274 g/mol. The molecule has 2 heterocycles. The molecule has 18 heavy (non-hydrogen) atoms. The Morgan fingerprint density at radius 2 is 2.17 bits per heavy atom. The highest BCUT2D eigenvalue weighted by Gasteiger charge is 2.04. The number of hydrogen-bond donors (Lipinski definition) is 1. The molecule has 4 heteroatoms. The monoisotopic (exact) mass is 274 g/mol. The van der Waals surface area contributed by atoms with Gasteiger partial charge in [0.25, 0.3) is 0 Å². The minimum atomic E-state index is 0.944. The normalized spacial score (nSPS) is 10.9. The molecule has 0 aliphatic carbocycles. The molecule has 0 aliphatic heterocycles. The van der Waals surface area contributed by atoms with Crippen LogP contribution in [-0.2, 0) is 6.42 Å². The van der Waals surface area contributed by atoms with Gasteiger partial charge in [0.15, 0.2) is 5.13 Å². The van der Waals surface area contributed by atoms with Crippen LogP contribution in [0.3, 0.4) is 0 Å². The van der Waals surface area contributed by atoms with Crippen LogP contribution in [0.2, 0.25) is 0 Å². The first-order chi connectivity index (χ1) is 8.83. The molecule has 1 N–H and O–H groups in total. The van der Waals surface area contributed by atoms with Gasteiger partial charge in [-0.2, -0.15) is 0 Å². The first kappa shape index (κ1) is 11.7. The Labute approximate surface area is 114 Å². The van der Waals surface area contributed by atoms with Crippen molar-refractivity contribution in [3.63, 3.8) is 0 Å². The van der Waals surface area contributed by atoms with E-state index < -0.39 is 0 Å². The number of para-hydroxylation sites is 1. The summed E-state index contributed by atoms with van der Waals surface area (Å²) in [4.78, 5) is 6.06. The van der Waals surface area contributed by atoms with Gasteiger partial charge in [-0.15, -0.1) is 11.3 Å². The van der Waals surface area contributed by atoms with Gasteiger partial charge in [-0.25, -0.2) is 4.98 Å². The fourth-order valence-corrected chi connectivity index (χ4v) is 3.59. The van der Waals surface area contributed by atoms with Crippen molar-refractivity contribution in [2.45, 2.75) is 13.3 Å². The standard InChI is InChI=1S/C14H14N2S2/c1-10-4-2-6-12-13(10)16-14(18-12)15-8-7-11-5-3-9-17-11/h2-6,9H,7-8H2,1H3,(H,15,16). The van der Waals surface area contributed by atoms with Crippen LogP contribution in [0, 0.1) is 6.92 Å². The summed E-state index contributed by atoms with van der Waals surface area (Å²) in [7, 11) is 0. The largest absolute Gasteiger partial charge is 0.361 e. The maximum atomic E-state index is 4.64. The Bertz CT molecular complexity index is 641. The number of fused-ring (bicyclic) bond motifs is 1. The van der Waals surface area contributed by atoms with Crippen molar-refractivity contribution in [1.82, 2.24) is 4.98 Å². The van der Waals surface area contributed by atoms with E-state index in [1.165, 1.54) is 15.1 Å². The summed E-state index contributed by atoms with van der Waals surface area (Å²) in [6.07, 6.45) is 1.06. The maximum Gasteiger partial charge on any atom is 0.183 e. The van der Waals surface area contributed by atoms with Gasteiger partial charge in [0.05, 0.1) is 10.2 Å². The molecule has 0 spiro atoms. The van der Waals surface area contributed by atoms with E-state index >= 15 is 0 Å². The van der Waals surface area contributed by atoms with Gasteiger partial charge in [-0.1, -0.05) is 29.5 Å². The van der Waals surface area contributed by atoms with Gasteiger partial charge in [0, 0.05) is 11.4 Å². The van der Waals surface area contributed by atoms with Crippen molar-refractivity contribution in [3.8, 4) is 0 Å². The molecule has 0 bridgehead atoms. The third-order valence-electron chi connectivity index (χ3n) is 2.85. The van der Waals surface area contributed by atoms with Crippen molar-refractivity contribution < 1.29 is 0 Å². The molecule has 92 valence electrons. The molecule has 3 rings (SSSR count). The topological polar surface area (TPSA) is 24.9 Å². The van der Waals surface area contributed by atoms with Crippen LogP contribution in [0.5, 0.6) is 0 Å². The van der Waals surface area contributed by atoms with Crippen molar-refractivity contribution >= 4 is 38.0 Å². The van der Waals surface area contributed by atoms with Gasteiger partial charge in [0.1, 0.15) is 0 Å². The van der Waals surface area contributed by atoms with Gasteiger partial charge in [-0.3, -0.25) is 0 Å². The third kappa shape index (κ3) is 2.40. The van der Waals surface area contributed by atoms with E-state index in [1.807, 2.05) is 11.3 Å². The Kier molecular flexibility index (Phi) is 3.30. The number of hydrogen-bond acceptors (Lipinski definition) is 4. The molecule has 0 amide bonds. The molecule has 2 aromatic heterocycles. The molecule has 0 saturated heterocycles. The number of anilines is 1. The number of nitrogens with zero attached hydrogens (tertiary/aromatic N) is 1. The van der Waals surface area contributed by atoms with Crippen molar-refractivity contribution in [2.24, 2.45) is 0 Å². The highest BCUT2D eigenvalue weighted by atomic mass is 32.1. The summed E-state index contributed by atoms with van der Waals surface area (Å²) in [5.41, 5.74) is 2.37. The number of thiophene rings is 1. The minimum Gasteiger partial charge on any atom is -0.361 e. The molecular weight excluding hydrogens is 260 g/mol. The Morgan fingerprint density at radius 3 is 2.94 bits per heavy atom. The molecule has 0 unspecified atom stereocenters. The number of aromatic nitrogens is 1. The summed E-state index contributed by atoms with van der Waals surface area (Å²) in [6.45, 7) is 3.05. The first-order valence-electron chi connectivity index (χ1n) is 5.95. The molecule has 0 radical (unpaired) electrons. The fourth-order valence-electron chi connectivity index (χ4n) is 1.91. The van der Waals surface area contributed by atoms with Crippen LogP contribution in [-0.4, -0.2) is 11.5 Å². The Balaban J connectivity index is 1.69. The molecule has 0 aliphatic rings. The predicted octanol–water partition coefficient (Wildman–Crippen LogP) is 4.32. The van der Waals surface area contributed by atoms with E-state index in [0.29, 0.717) is 0 Å². The molecule has 0 saturated carbocycles. The van der Waals surface area contributed by atoms with Crippen LogP contribution in [0.25, 0.3) is 10.2 Å². The fraction of sp³-hybridized carbons (Fsp3) is 0.214. The van der Waals surface area contributed by atoms with E-state index in [4.69, 9.17) is 0 Å². The van der Waals surface area contributed by atoms with Crippen LogP contribution in [0.1, 0.15) is 10.4 Å². The molecule has 2 nitrogen and oxygen atoms in total. The van der Waals surface area contributed by atoms with Gasteiger partial charge < -0.3 is 5.32 Å². The SMILES string of the molecule is Cc1cccc2sc(NCCc3cccs3)nc12. The van der Waals surface area contributed by atoms with E-state index in [0.717, 1.165) is 23.6 Å². The second-order valence-corrected chi connectivity index (χ2v) is 6.26. The highest BCUT2D eigenvalue weighted by molar-refractivity contribution is 7.22. The lowest BCUT2D eigenvalue weighted by Gasteiger charge is -1.99. The van der Waals surface area contributed by atoms with Crippen LogP contribution in [0.4, 0.5) is 5.13 Å². The summed E-state index contributed by atoms with van der Waals surface area (Å²) in [5.74, 6) is 0. The third-order valence-corrected chi connectivity index (χ3v) is 4.76. The zero-order valence-electron chi connectivity index (χ0n) is 10.1. The molecular formula is C14H14N2S2. The molecule has 1 aromatic carbocycles. The van der Waals surface area contributed by atoms with Gasteiger partial charge >= 0.3 is 0 Å². The van der Waals surface area contributed by atoms with E-state index in [9.17, 15) is 0 Å². The van der Waals surface area contributed by atoms with E-state index in [1.54, 1.807) is 11.3 Å². The van der Waals surface area contributed by atoms with Crippen molar-refractivity contribution in [2.75, 3.05) is 11.9 Å². The predicted molar refractivity (Wildman–Crippen MR) is 80.9 cm³/mol. The maximum absolute atomic E-state index is 4.64. The second kappa shape index (κ2) is 5.08. The Morgan fingerprint density at radius 1 is 1.22 bits per heavy atom. The summed E-state index contributed by atoms with van der Waals surface area (Å²) in [6, 6.07) is 10.6. The molecule has 0 atom stereocenters. The van der Waals surface area contributed by atoms with E-state index in [2.05, 4.69) is 52.9 Å². The summed E-state index contributed by atoms with van der Waals surface area (Å²) >= 11 is 3.54. The first-order valence-corrected chi connectivity index (χ1v) is 7.65. The van der Waals surface area contributed by atoms with Crippen molar-refractivity contribution in [3.05, 3.63) is 46.2 Å². The quantitative estimate of drug-likeness (QED) is 0.766. The zero-order chi connectivity index (χ0) is 12.4. The lowest BCUT2D eigenvalue weighted by molar-refractivity contribution is 1.04. The number of rotatable bonds is 4. The second-order valence-electron chi connectivity index (χ2n) is 4.20. The van der Waals surface area contributed by atoms with Gasteiger partial charge in [0.2, 0.25) is 0 Å². The number of benzene rings is 1. The zero-order valence-corrected chi connectivity index (χ0v) is 11.8. The van der Waals surface area contributed by atoms with Crippen LogP contribution >= 0.6 is 22.7 Å². The Hall–Kier alpha value is -1.39. The summed E-state index contributed by atoms with van der Waals surface area (Å²) < 4.78 is 1.26. The highest BCUT2D eigenvalue weighted by Crippen LogP contribution is 2.27. The lowest BCUT2D eigenvalue weighted by atomic mass is 10.2. The molecule has 0 fully saturated rings. The molecule has 3 aromatic rings. The number of aryl methyl sites for hydroxylation is 1. The van der Waals surface area contributed by atoms with Crippen molar-refractivity contribution in [1.29, 1.82) is 0 Å². The number of nitrogens with one attached hydrogen (secondary N) is 1. The minimum absolute atomic E-state index is 0.944. The smallest absolute Gasteiger partial charge is 0.183 e. The van der Waals surface area contributed by atoms with E-state index in [-0.39, 0.29) is 0 Å². The van der Waals surface area contributed by atoms with Crippen LogP contribution < -0.4 is 5.32 Å². The number of thiazole rings is 1.